The van der Waals surface area contributed by atoms with Gasteiger partial charge in [-0.15, -0.1) is 0 Å². The summed E-state index contributed by atoms with van der Waals surface area (Å²) in [6.07, 6.45) is 2.93. The van der Waals surface area contributed by atoms with Gasteiger partial charge in [0.15, 0.2) is 0 Å². The molecular weight excluding hydrogens is 398 g/mol. The fraction of sp³-hybridized carbons (Fsp3) is 0.333. The van der Waals surface area contributed by atoms with E-state index in [1.54, 1.807) is 19.3 Å². The monoisotopic (exact) mass is 421 g/mol. The van der Waals surface area contributed by atoms with Crippen LogP contribution >= 0.6 is 11.6 Å². The topological polar surface area (TPSA) is 64.6 Å². The van der Waals surface area contributed by atoms with E-state index in [4.69, 9.17) is 21.1 Å². The molecule has 1 aliphatic rings. The average Bonchev–Trinajstić information content (AvgIpc) is 2.72. The molecule has 1 heterocycles. The van der Waals surface area contributed by atoms with Gasteiger partial charge in [-0.3, -0.25) is 0 Å². The number of hydrogen-bond donors (Lipinski definition) is 1. The number of benzene rings is 2. The Hall–Kier alpha value is -1.86. The van der Waals surface area contributed by atoms with E-state index < -0.39 is 15.4 Å². The minimum absolute atomic E-state index is 0.245. The first-order chi connectivity index (χ1) is 13.4. The lowest BCUT2D eigenvalue weighted by Crippen LogP contribution is -2.44. The van der Waals surface area contributed by atoms with Crippen molar-refractivity contribution in [3.8, 4) is 5.75 Å². The maximum Gasteiger partial charge on any atom is 0.233 e. The van der Waals surface area contributed by atoms with Crippen molar-refractivity contribution in [2.45, 2.75) is 18.3 Å². The summed E-state index contributed by atoms with van der Waals surface area (Å²) in [5, 5.41) is 1.79. The van der Waals surface area contributed by atoms with E-state index in [0.717, 1.165) is 11.1 Å². The Morgan fingerprint density at radius 1 is 1.18 bits per heavy atom. The Labute approximate surface area is 171 Å². The van der Waals surface area contributed by atoms with Gasteiger partial charge in [0.05, 0.1) is 7.11 Å². The van der Waals surface area contributed by atoms with Crippen LogP contribution in [-0.4, -0.2) is 35.3 Å². The quantitative estimate of drug-likeness (QED) is 0.734. The standard InChI is InChI=1S/C21H24ClNO4S/c1-26-20-8-7-18(22)15-19(20)21(10-12-27-13-11-21)16-23-28(24,25)14-9-17-5-3-2-4-6-17/h2-9,14-15,23H,10-13,16H2,1H3/b14-9+. The fourth-order valence-electron chi connectivity index (χ4n) is 3.42. The molecule has 7 heteroatoms. The smallest absolute Gasteiger partial charge is 0.233 e. The van der Waals surface area contributed by atoms with Crippen molar-refractivity contribution in [2.24, 2.45) is 0 Å². The third kappa shape index (κ3) is 5.14. The molecule has 3 rings (SSSR count). The average molecular weight is 422 g/mol. The highest BCUT2D eigenvalue weighted by Crippen LogP contribution is 2.40. The van der Waals surface area contributed by atoms with Gasteiger partial charge >= 0.3 is 0 Å². The summed E-state index contributed by atoms with van der Waals surface area (Å²) in [5.74, 6) is 0.699. The summed E-state index contributed by atoms with van der Waals surface area (Å²) >= 11 is 6.23. The molecule has 0 spiro atoms. The molecule has 1 fully saturated rings. The molecule has 2 aromatic carbocycles. The van der Waals surface area contributed by atoms with Crippen LogP contribution in [0.4, 0.5) is 0 Å². The van der Waals surface area contributed by atoms with Crippen LogP contribution in [0.25, 0.3) is 6.08 Å². The predicted octanol–water partition coefficient (Wildman–Crippen LogP) is 3.99. The summed E-state index contributed by atoms with van der Waals surface area (Å²) in [6.45, 7) is 1.35. The van der Waals surface area contributed by atoms with Crippen LogP contribution in [0.5, 0.6) is 5.75 Å². The van der Waals surface area contributed by atoms with Crippen LogP contribution in [-0.2, 0) is 20.2 Å². The lowest BCUT2D eigenvalue weighted by molar-refractivity contribution is 0.0509. The Morgan fingerprint density at radius 2 is 1.89 bits per heavy atom. The molecule has 0 radical (unpaired) electrons. The Balaban J connectivity index is 1.84. The van der Waals surface area contributed by atoms with Gasteiger partial charge in [0.1, 0.15) is 5.75 Å². The van der Waals surface area contributed by atoms with Crippen molar-refractivity contribution in [3.05, 3.63) is 70.1 Å². The number of ether oxygens (including phenoxy) is 2. The van der Waals surface area contributed by atoms with Gasteiger partial charge in [0, 0.05) is 41.2 Å². The van der Waals surface area contributed by atoms with E-state index in [1.807, 2.05) is 42.5 Å². The number of nitrogens with one attached hydrogen (secondary N) is 1. The maximum atomic E-state index is 12.6. The van der Waals surface area contributed by atoms with Crippen molar-refractivity contribution in [1.29, 1.82) is 0 Å². The van der Waals surface area contributed by atoms with Gasteiger partial charge in [0.2, 0.25) is 10.0 Å². The van der Waals surface area contributed by atoms with E-state index in [9.17, 15) is 8.42 Å². The molecule has 0 aromatic heterocycles. The number of sulfonamides is 1. The van der Waals surface area contributed by atoms with Crippen LogP contribution in [0.3, 0.4) is 0 Å². The predicted molar refractivity (Wildman–Crippen MR) is 112 cm³/mol. The molecule has 0 atom stereocenters. The third-order valence-electron chi connectivity index (χ3n) is 5.03. The second-order valence-electron chi connectivity index (χ2n) is 6.82. The van der Waals surface area contributed by atoms with Crippen LogP contribution in [0.15, 0.2) is 53.9 Å². The van der Waals surface area contributed by atoms with Gasteiger partial charge in [-0.05, 0) is 42.7 Å². The molecule has 1 N–H and O–H groups in total. The largest absolute Gasteiger partial charge is 0.496 e. The highest BCUT2D eigenvalue weighted by molar-refractivity contribution is 7.92. The Morgan fingerprint density at radius 3 is 2.57 bits per heavy atom. The molecule has 0 unspecified atom stereocenters. The first-order valence-electron chi connectivity index (χ1n) is 9.09. The lowest BCUT2D eigenvalue weighted by Gasteiger charge is -2.38. The van der Waals surface area contributed by atoms with E-state index in [0.29, 0.717) is 36.8 Å². The van der Waals surface area contributed by atoms with E-state index in [2.05, 4.69) is 4.72 Å². The molecule has 0 saturated carbocycles. The Kier molecular flexibility index (Phi) is 6.78. The zero-order valence-electron chi connectivity index (χ0n) is 15.7. The first-order valence-corrected chi connectivity index (χ1v) is 11.0. The summed E-state index contributed by atoms with van der Waals surface area (Å²) in [7, 11) is -2.00. The van der Waals surface area contributed by atoms with Gasteiger partial charge in [-0.1, -0.05) is 41.9 Å². The summed E-state index contributed by atoms with van der Waals surface area (Å²) < 4.78 is 38.9. The first kappa shape index (κ1) is 20.9. The minimum atomic E-state index is -3.60. The van der Waals surface area contributed by atoms with Gasteiger partial charge in [-0.25, -0.2) is 13.1 Å². The number of halogens is 1. The number of rotatable bonds is 7. The zero-order valence-corrected chi connectivity index (χ0v) is 17.3. The molecule has 5 nitrogen and oxygen atoms in total. The van der Waals surface area contributed by atoms with Crippen molar-refractivity contribution < 1.29 is 17.9 Å². The second-order valence-corrected chi connectivity index (χ2v) is 8.90. The van der Waals surface area contributed by atoms with Crippen molar-refractivity contribution in [3.63, 3.8) is 0 Å². The van der Waals surface area contributed by atoms with Crippen molar-refractivity contribution in [1.82, 2.24) is 4.72 Å². The highest BCUT2D eigenvalue weighted by Gasteiger charge is 2.37. The molecule has 0 bridgehead atoms. The normalized spacial score (nSPS) is 16.9. The van der Waals surface area contributed by atoms with Gasteiger partial charge in [0.25, 0.3) is 0 Å². The second kappa shape index (κ2) is 9.09. The molecule has 2 aromatic rings. The van der Waals surface area contributed by atoms with Crippen molar-refractivity contribution >= 4 is 27.7 Å². The highest BCUT2D eigenvalue weighted by atomic mass is 35.5. The number of hydrogen-bond acceptors (Lipinski definition) is 4. The van der Waals surface area contributed by atoms with E-state index in [1.165, 1.54) is 5.41 Å². The number of methoxy groups -OCH3 is 1. The fourth-order valence-corrected chi connectivity index (χ4v) is 4.50. The van der Waals surface area contributed by atoms with Gasteiger partial charge in [-0.2, -0.15) is 0 Å². The van der Waals surface area contributed by atoms with Crippen molar-refractivity contribution in [2.75, 3.05) is 26.9 Å². The zero-order chi connectivity index (χ0) is 20.0. The molecule has 0 amide bonds. The minimum Gasteiger partial charge on any atom is -0.496 e. The Bertz CT molecular complexity index is 923. The third-order valence-corrected chi connectivity index (χ3v) is 6.31. The molecule has 1 saturated heterocycles. The van der Waals surface area contributed by atoms with Crippen LogP contribution in [0.2, 0.25) is 5.02 Å². The van der Waals surface area contributed by atoms with Crippen LogP contribution in [0.1, 0.15) is 24.0 Å². The molecule has 0 aliphatic carbocycles. The van der Waals surface area contributed by atoms with Crippen LogP contribution < -0.4 is 9.46 Å². The SMILES string of the molecule is COc1ccc(Cl)cc1C1(CNS(=O)(=O)/C=C/c2ccccc2)CCOCC1. The van der Waals surface area contributed by atoms with E-state index >= 15 is 0 Å². The molecular formula is C21H24ClNO4S. The molecule has 150 valence electrons. The summed E-state index contributed by atoms with van der Waals surface area (Å²) in [4.78, 5) is 0. The lowest BCUT2D eigenvalue weighted by atomic mass is 9.74. The summed E-state index contributed by atoms with van der Waals surface area (Å²) in [6, 6.07) is 14.8. The molecule has 1 aliphatic heterocycles. The summed E-state index contributed by atoms with van der Waals surface area (Å²) in [5.41, 5.74) is 1.29. The maximum absolute atomic E-state index is 12.6. The van der Waals surface area contributed by atoms with Gasteiger partial charge < -0.3 is 9.47 Å². The van der Waals surface area contributed by atoms with Crippen LogP contribution in [0, 0.1) is 0 Å². The van der Waals surface area contributed by atoms with E-state index in [-0.39, 0.29) is 6.54 Å². The molecule has 28 heavy (non-hydrogen) atoms.